The number of oxazole rings is 1. The minimum absolute atomic E-state index is 0.287. The van der Waals surface area contributed by atoms with E-state index in [4.69, 9.17) is 4.42 Å². The van der Waals surface area contributed by atoms with Gasteiger partial charge in [-0.3, -0.25) is 4.79 Å². The Balaban J connectivity index is 1.43. The van der Waals surface area contributed by atoms with Gasteiger partial charge in [0.05, 0.1) is 6.20 Å². The van der Waals surface area contributed by atoms with Crippen LogP contribution in [0.1, 0.15) is 65.1 Å². The number of piperidine rings is 1. The first-order chi connectivity index (χ1) is 14.8. The zero-order valence-electron chi connectivity index (χ0n) is 17.2. The number of carbonyl (C=O) groups is 1. The number of aromatic nitrogens is 1. The number of ketones is 1. The van der Waals surface area contributed by atoms with Crippen molar-refractivity contribution in [2.75, 3.05) is 19.6 Å². The lowest BCUT2D eigenvalue weighted by Crippen LogP contribution is -2.31. The quantitative estimate of drug-likeness (QED) is 0.585. The molecule has 2 aliphatic carbocycles. The Morgan fingerprint density at radius 1 is 1.00 bits per heavy atom. The minimum atomic E-state index is 0.287. The first kappa shape index (κ1) is 18.1. The number of likely N-dealkylation sites (tertiary alicyclic amines) is 1. The smallest absolute Gasteiger partial charge is 0.225 e. The van der Waals surface area contributed by atoms with Gasteiger partial charge in [0.15, 0.2) is 5.78 Å². The molecule has 2 heterocycles. The van der Waals surface area contributed by atoms with Gasteiger partial charge in [-0.1, -0.05) is 24.6 Å². The predicted octanol–water partition coefficient (Wildman–Crippen LogP) is 5.46. The largest absolute Gasteiger partial charge is 0.445 e. The van der Waals surface area contributed by atoms with E-state index < -0.39 is 0 Å². The van der Waals surface area contributed by atoms with Gasteiger partial charge in [-0.25, -0.2) is 4.98 Å². The summed E-state index contributed by atoms with van der Waals surface area (Å²) in [6, 6.07) is 10.9. The Morgan fingerprint density at radius 3 is 2.70 bits per heavy atom. The molecule has 1 saturated heterocycles. The molecule has 0 N–H and O–H groups in total. The number of benzene rings is 2. The molecular weight excluding hydrogens is 372 g/mol. The van der Waals surface area contributed by atoms with E-state index >= 15 is 0 Å². The van der Waals surface area contributed by atoms with E-state index in [2.05, 4.69) is 40.2 Å². The van der Waals surface area contributed by atoms with Crippen molar-refractivity contribution in [1.29, 1.82) is 0 Å². The second kappa shape index (κ2) is 7.21. The molecule has 0 amide bonds. The van der Waals surface area contributed by atoms with Crippen molar-refractivity contribution in [1.82, 2.24) is 9.88 Å². The number of hydrogen-bond donors (Lipinski definition) is 0. The van der Waals surface area contributed by atoms with Crippen molar-refractivity contribution >= 4 is 5.78 Å². The van der Waals surface area contributed by atoms with Crippen molar-refractivity contribution in [3.05, 3.63) is 65.0 Å². The average Bonchev–Trinajstić information content (AvgIpc) is 3.51. The van der Waals surface area contributed by atoms with E-state index in [1.54, 1.807) is 12.5 Å². The summed E-state index contributed by atoms with van der Waals surface area (Å²) < 4.78 is 5.56. The van der Waals surface area contributed by atoms with Crippen LogP contribution in [0.4, 0.5) is 0 Å². The Bertz CT molecular complexity index is 1110. The SMILES string of the molecule is O=C1CCc2c1ccc1c2-c2cc(-c3ncco3)ccc2C1CCN1CCCCC1. The summed E-state index contributed by atoms with van der Waals surface area (Å²) in [5, 5.41) is 0. The molecule has 4 nitrogen and oxygen atoms in total. The van der Waals surface area contributed by atoms with Gasteiger partial charge in [0.25, 0.3) is 0 Å². The van der Waals surface area contributed by atoms with Crippen LogP contribution >= 0.6 is 0 Å². The van der Waals surface area contributed by atoms with Crippen LogP contribution in [-0.4, -0.2) is 35.3 Å². The maximum absolute atomic E-state index is 12.4. The van der Waals surface area contributed by atoms with Crippen molar-refractivity contribution in [3.63, 3.8) is 0 Å². The molecule has 0 bridgehead atoms. The molecule has 4 heteroatoms. The highest BCUT2D eigenvalue weighted by molar-refractivity contribution is 6.03. The van der Waals surface area contributed by atoms with E-state index in [9.17, 15) is 4.79 Å². The second-order valence-corrected chi connectivity index (χ2v) is 8.86. The summed E-state index contributed by atoms with van der Waals surface area (Å²) in [4.78, 5) is 19.4. The van der Waals surface area contributed by atoms with Crippen molar-refractivity contribution in [2.24, 2.45) is 0 Å². The van der Waals surface area contributed by atoms with E-state index in [1.807, 2.05) is 0 Å². The third kappa shape index (κ3) is 2.85. The molecule has 30 heavy (non-hydrogen) atoms. The summed E-state index contributed by atoms with van der Waals surface area (Å²) in [5.74, 6) is 1.34. The molecule has 6 rings (SSSR count). The molecule has 1 fully saturated rings. The third-order valence-corrected chi connectivity index (χ3v) is 7.18. The van der Waals surface area contributed by atoms with Crippen LogP contribution in [0.2, 0.25) is 0 Å². The lowest BCUT2D eigenvalue weighted by Gasteiger charge is -2.28. The van der Waals surface area contributed by atoms with Crippen molar-refractivity contribution in [2.45, 2.75) is 44.4 Å². The maximum Gasteiger partial charge on any atom is 0.225 e. The van der Waals surface area contributed by atoms with Crippen LogP contribution in [0.15, 0.2) is 47.2 Å². The van der Waals surface area contributed by atoms with Gasteiger partial charge >= 0.3 is 0 Å². The molecule has 0 radical (unpaired) electrons. The van der Waals surface area contributed by atoms with E-state index in [1.165, 1.54) is 60.2 Å². The Hall–Kier alpha value is -2.72. The van der Waals surface area contributed by atoms with E-state index in [0.29, 0.717) is 18.2 Å². The minimum Gasteiger partial charge on any atom is -0.445 e. The Labute approximate surface area is 176 Å². The lowest BCUT2D eigenvalue weighted by molar-refractivity contribution is 0.0994. The summed E-state index contributed by atoms with van der Waals surface area (Å²) in [5.41, 5.74) is 8.57. The van der Waals surface area contributed by atoms with Gasteiger partial charge in [0, 0.05) is 23.5 Å². The Kier molecular flexibility index (Phi) is 4.34. The molecule has 3 aliphatic rings. The molecule has 1 unspecified atom stereocenters. The van der Waals surface area contributed by atoms with Gasteiger partial charge in [-0.2, -0.15) is 0 Å². The molecule has 1 aliphatic heterocycles. The number of Topliss-reactive ketones (excluding diaryl/α,β-unsaturated/α-hetero) is 1. The third-order valence-electron chi connectivity index (χ3n) is 7.18. The van der Waals surface area contributed by atoms with Gasteiger partial charge in [0.2, 0.25) is 5.89 Å². The highest BCUT2D eigenvalue weighted by atomic mass is 16.3. The van der Waals surface area contributed by atoms with Gasteiger partial charge in [-0.05, 0) is 85.3 Å². The van der Waals surface area contributed by atoms with Crippen molar-refractivity contribution in [3.8, 4) is 22.6 Å². The molecule has 1 atom stereocenters. The second-order valence-electron chi connectivity index (χ2n) is 8.86. The predicted molar refractivity (Wildman–Crippen MR) is 117 cm³/mol. The number of fused-ring (bicyclic) bond motifs is 5. The highest BCUT2D eigenvalue weighted by Gasteiger charge is 2.35. The summed E-state index contributed by atoms with van der Waals surface area (Å²) >= 11 is 0. The number of carbonyl (C=O) groups excluding carboxylic acids is 1. The van der Waals surface area contributed by atoms with Crippen molar-refractivity contribution < 1.29 is 9.21 Å². The van der Waals surface area contributed by atoms with Gasteiger partial charge in [-0.15, -0.1) is 0 Å². The molecular formula is C26H26N2O2. The number of nitrogens with zero attached hydrogens (tertiary/aromatic N) is 2. The highest BCUT2D eigenvalue weighted by Crippen LogP contribution is 2.51. The number of rotatable bonds is 4. The van der Waals surface area contributed by atoms with Crippen LogP contribution in [0.5, 0.6) is 0 Å². The summed E-state index contributed by atoms with van der Waals surface area (Å²) in [6.07, 6.45) is 9.96. The fourth-order valence-corrected chi connectivity index (χ4v) is 5.72. The lowest BCUT2D eigenvalue weighted by atomic mass is 9.91. The Morgan fingerprint density at radius 2 is 1.87 bits per heavy atom. The number of hydrogen-bond acceptors (Lipinski definition) is 4. The molecule has 2 aromatic carbocycles. The standard InChI is InChI=1S/C26H26N2O2/c29-24-9-8-22-20(24)6-7-21-19(10-14-28-12-2-1-3-13-28)18-5-4-17(16-23(18)25(21)22)26-27-11-15-30-26/h4-7,11,15-16,19H,1-3,8-10,12-14H2. The van der Waals surface area contributed by atoms with Crippen LogP contribution in [0.25, 0.3) is 22.6 Å². The van der Waals surface area contributed by atoms with Crippen LogP contribution in [-0.2, 0) is 6.42 Å². The molecule has 1 aromatic heterocycles. The molecule has 0 spiro atoms. The molecule has 0 saturated carbocycles. The van der Waals surface area contributed by atoms with Crippen LogP contribution in [0.3, 0.4) is 0 Å². The van der Waals surface area contributed by atoms with Crippen LogP contribution in [0, 0.1) is 0 Å². The fourth-order valence-electron chi connectivity index (χ4n) is 5.72. The zero-order valence-corrected chi connectivity index (χ0v) is 17.2. The summed E-state index contributed by atoms with van der Waals surface area (Å²) in [7, 11) is 0. The summed E-state index contributed by atoms with van der Waals surface area (Å²) in [6.45, 7) is 3.60. The first-order valence-corrected chi connectivity index (χ1v) is 11.2. The van der Waals surface area contributed by atoms with E-state index in [0.717, 1.165) is 30.5 Å². The fraction of sp³-hybridized carbons (Fsp3) is 0.385. The van der Waals surface area contributed by atoms with Crippen LogP contribution < -0.4 is 0 Å². The molecule has 3 aromatic rings. The maximum atomic E-state index is 12.4. The first-order valence-electron chi connectivity index (χ1n) is 11.2. The van der Waals surface area contributed by atoms with Gasteiger partial charge < -0.3 is 9.32 Å². The zero-order chi connectivity index (χ0) is 20.1. The topological polar surface area (TPSA) is 46.3 Å². The normalized spacial score (nSPS) is 20.3. The van der Waals surface area contributed by atoms with Gasteiger partial charge in [0.1, 0.15) is 6.26 Å². The monoisotopic (exact) mass is 398 g/mol. The molecule has 152 valence electrons. The van der Waals surface area contributed by atoms with E-state index in [-0.39, 0.29) is 5.78 Å². The average molecular weight is 399 g/mol.